The van der Waals surface area contributed by atoms with Crippen molar-refractivity contribution in [2.75, 3.05) is 6.61 Å². The highest BCUT2D eigenvalue weighted by Crippen LogP contribution is 2.37. The maximum atomic E-state index is 9.31. The van der Waals surface area contributed by atoms with E-state index in [1.54, 1.807) is 11.3 Å². The van der Waals surface area contributed by atoms with Gasteiger partial charge in [-0.1, -0.05) is 32.9 Å². The van der Waals surface area contributed by atoms with Gasteiger partial charge < -0.3 is 4.74 Å². The van der Waals surface area contributed by atoms with Crippen molar-refractivity contribution < 1.29 is 4.74 Å². The summed E-state index contributed by atoms with van der Waals surface area (Å²) in [6.45, 7) is 9.00. The minimum Gasteiger partial charge on any atom is -0.493 e. The standard InChI is InChI=1S/C19H21N3OS/c1-5-23-16-9-7-6-8-13(16)15-12-24-18-21-17(19(2,3)4)14(10-11-20)22(15)18/h6-9,12H,5,10H2,1-4H3. The topological polar surface area (TPSA) is 50.3 Å². The molecule has 1 aromatic carbocycles. The first-order chi connectivity index (χ1) is 11.5. The Bertz CT molecular complexity index is 909. The number of para-hydroxylation sites is 1. The summed E-state index contributed by atoms with van der Waals surface area (Å²) in [5.41, 5.74) is 3.93. The van der Waals surface area contributed by atoms with Crippen molar-refractivity contribution in [1.82, 2.24) is 9.38 Å². The SMILES string of the molecule is CCOc1ccccc1-c1csc2nc(C(C)(C)C)c(CC#N)n12. The van der Waals surface area contributed by atoms with Gasteiger partial charge in [-0.15, -0.1) is 11.3 Å². The van der Waals surface area contributed by atoms with E-state index in [1.165, 1.54) is 0 Å². The smallest absolute Gasteiger partial charge is 0.194 e. The average molecular weight is 339 g/mol. The van der Waals surface area contributed by atoms with Crippen LogP contribution < -0.4 is 4.74 Å². The van der Waals surface area contributed by atoms with Crippen molar-refractivity contribution in [3.8, 4) is 23.1 Å². The Morgan fingerprint density at radius 3 is 2.71 bits per heavy atom. The van der Waals surface area contributed by atoms with E-state index >= 15 is 0 Å². The number of rotatable bonds is 4. The van der Waals surface area contributed by atoms with Gasteiger partial charge in [-0.2, -0.15) is 5.26 Å². The van der Waals surface area contributed by atoms with Crippen LogP contribution in [0.15, 0.2) is 29.6 Å². The summed E-state index contributed by atoms with van der Waals surface area (Å²) in [5, 5.41) is 11.4. The molecule has 3 rings (SSSR count). The molecule has 0 bridgehead atoms. The molecule has 0 saturated carbocycles. The number of hydrogen-bond donors (Lipinski definition) is 0. The normalized spacial score (nSPS) is 11.6. The van der Waals surface area contributed by atoms with Gasteiger partial charge in [0.2, 0.25) is 0 Å². The fourth-order valence-electron chi connectivity index (χ4n) is 2.90. The van der Waals surface area contributed by atoms with Gasteiger partial charge in [0.15, 0.2) is 4.96 Å². The van der Waals surface area contributed by atoms with Gasteiger partial charge in [-0.05, 0) is 19.1 Å². The molecule has 5 heteroatoms. The highest BCUT2D eigenvalue weighted by atomic mass is 32.1. The lowest BCUT2D eigenvalue weighted by atomic mass is 9.90. The van der Waals surface area contributed by atoms with Crippen LogP contribution in [-0.4, -0.2) is 16.0 Å². The monoisotopic (exact) mass is 339 g/mol. The third-order valence-electron chi connectivity index (χ3n) is 3.88. The second-order valence-electron chi connectivity index (χ2n) is 6.66. The molecule has 2 aromatic heterocycles. The number of thiazole rings is 1. The van der Waals surface area contributed by atoms with Crippen LogP contribution in [0, 0.1) is 11.3 Å². The molecule has 124 valence electrons. The minimum absolute atomic E-state index is 0.103. The molecule has 0 spiro atoms. The summed E-state index contributed by atoms with van der Waals surface area (Å²) in [4.78, 5) is 5.74. The lowest BCUT2D eigenvalue weighted by Crippen LogP contribution is -2.15. The van der Waals surface area contributed by atoms with Crippen molar-refractivity contribution in [3.63, 3.8) is 0 Å². The van der Waals surface area contributed by atoms with E-state index < -0.39 is 0 Å². The van der Waals surface area contributed by atoms with Crippen molar-refractivity contribution in [1.29, 1.82) is 5.26 Å². The first kappa shape index (κ1) is 16.5. The van der Waals surface area contributed by atoms with Crippen LogP contribution in [0.3, 0.4) is 0 Å². The zero-order valence-corrected chi connectivity index (χ0v) is 15.3. The van der Waals surface area contributed by atoms with Crippen molar-refractivity contribution >= 4 is 16.3 Å². The molecule has 0 N–H and O–H groups in total. The molecule has 0 aliphatic carbocycles. The molecule has 0 saturated heterocycles. The van der Waals surface area contributed by atoms with E-state index in [2.05, 4.69) is 42.7 Å². The summed E-state index contributed by atoms with van der Waals surface area (Å²) in [7, 11) is 0. The second kappa shape index (κ2) is 6.29. The van der Waals surface area contributed by atoms with Crippen molar-refractivity contribution in [2.45, 2.75) is 39.5 Å². The van der Waals surface area contributed by atoms with Crippen LogP contribution in [0.4, 0.5) is 0 Å². The lowest BCUT2D eigenvalue weighted by molar-refractivity contribution is 0.341. The summed E-state index contributed by atoms with van der Waals surface area (Å²) >= 11 is 1.60. The molecular formula is C19H21N3OS. The Hall–Kier alpha value is -2.32. The zero-order valence-electron chi connectivity index (χ0n) is 14.5. The molecule has 0 radical (unpaired) electrons. The molecule has 0 fully saturated rings. The molecule has 2 heterocycles. The first-order valence-corrected chi connectivity index (χ1v) is 8.93. The molecular weight excluding hydrogens is 318 g/mol. The van der Waals surface area contributed by atoms with Crippen LogP contribution in [0.2, 0.25) is 0 Å². The minimum atomic E-state index is -0.103. The Kier molecular flexibility index (Phi) is 4.33. The molecule has 0 atom stereocenters. The Balaban J connectivity index is 2.28. The van der Waals surface area contributed by atoms with Gasteiger partial charge in [0.25, 0.3) is 0 Å². The third-order valence-corrected chi connectivity index (χ3v) is 4.70. The fourth-order valence-corrected chi connectivity index (χ4v) is 3.81. The van der Waals surface area contributed by atoms with Crippen LogP contribution in [-0.2, 0) is 11.8 Å². The maximum Gasteiger partial charge on any atom is 0.194 e. The summed E-state index contributed by atoms with van der Waals surface area (Å²) in [6.07, 6.45) is 0.342. The van der Waals surface area contributed by atoms with E-state index in [4.69, 9.17) is 9.72 Å². The number of imidazole rings is 1. The molecule has 0 unspecified atom stereocenters. The predicted octanol–water partition coefficient (Wildman–Crippen LogP) is 4.83. The average Bonchev–Trinajstić information content (AvgIpc) is 3.09. The Morgan fingerprint density at radius 1 is 1.29 bits per heavy atom. The number of ether oxygens (including phenoxy) is 1. The molecule has 0 aliphatic rings. The number of benzene rings is 1. The first-order valence-electron chi connectivity index (χ1n) is 8.05. The highest BCUT2D eigenvalue weighted by molar-refractivity contribution is 7.15. The summed E-state index contributed by atoms with van der Waals surface area (Å²) in [6, 6.07) is 10.3. The molecule has 3 aromatic rings. The van der Waals surface area contributed by atoms with Crippen LogP contribution in [0.25, 0.3) is 16.2 Å². The number of aromatic nitrogens is 2. The number of fused-ring (bicyclic) bond motifs is 1. The second-order valence-corrected chi connectivity index (χ2v) is 7.50. The largest absolute Gasteiger partial charge is 0.493 e. The fraction of sp³-hybridized carbons (Fsp3) is 0.368. The van der Waals surface area contributed by atoms with Crippen LogP contribution in [0.5, 0.6) is 5.75 Å². The zero-order chi connectivity index (χ0) is 17.3. The van der Waals surface area contributed by atoms with Crippen LogP contribution >= 0.6 is 11.3 Å². The van der Waals surface area contributed by atoms with E-state index in [1.807, 2.05) is 25.1 Å². The van der Waals surface area contributed by atoms with Gasteiger partial charge in [0.1, 0.15) is 5.75 Å². The summed E-state index contributed by atoms with van der Waals surface area (Å²) in [5.74, 6) is 0.855. The Labute approximate surface area is 146 Å². The highest BCUT2D eigenvalue weighted by Gasteiger charge is 2.26. The van der Waals surface area contributed by atoms with Gasteiger partial charge in [-0.3, -0.25) is 4.40 Å². The van der Waals surface area contributed by atoms with Gasteiger partial charge in [-0.25, -0.2) is 4.98 Å². The van der Waals surface area contributed by atoms with E-state index in [0.717, 1.165) is 33.4 Å². The van der Waals surface area contributed by atoms with Crippen molar-refractivity contribution in [3.05, 3.63) is 41.0 Å². The van der Waals surface area contributed by atoms with E-state index in [0.29, 0.717) is 13.0 Å². The van der Waals surface area contributed by atoms with Crippen LogP contribution in [0.1, 0.15) is 39.1 Å². The van der Waals surface area contributed by atoms with Gasteiger partial charge in [0, 0.05) is 16.4 Å². The molecule has 0 aliphatic heterocycles. The van der Waals surface area contributed by atoms with E-state index in [-0.39, 0.29) is 5.41 Å². The van der Waals surface area contributed by atoms with Crippen molar-refractivity contribution in [2.24, 2.45) is 0 Å². The lowest BCUT2D eigenvalue weighted by Gasteiger charge is -2.17. The summed E-state index contributed by atoms with van der Waals surface area (Å²) < 4.78 is 7.91. The van der Waals surface area contributed by atoms with Gasteiger partial charge in [0.05, 0.1) is 36.2 Å². The quantitative estimate of drug-likeness (QED) is 0.684. The third kappa shape index (κ3) is 2.78. The molecule has 4 nitrogen and oxygen atoms in total. The number of hydrogen-bond acceptors (Lipinski definition) is 4. The molecule has 0 amide bonds. The number of nitriles is 1. The maximum absolute atomic E-state index is 9.31. The predicted molar refractivity (Wildman–Crippen MR) is 97.7 cm³/mol. The van der Waals surface area contributed by atoms with Gasteiger partial charge >= 0.3 is 0 Å². The number of nitrogens with zero attached hydrogens (tertiary/aromatic N) is 3. The Morgan fingerprint density at radius 2 is 2.04 bits per heavy atom. The van der Waals surface area contributed by atoms with E-state index in [9.17, 15) is 5.26 Å². The molecule has 24 heavy (non-hydrogen) atoms.